The van der Waals surface area contributed by atoms with E-state index < -0.39 is 11.2 Å². The molecule has 26 heavy (non-hydrogen) atoms. The van der Waals surface area contributed by atoms with E-state index in [0.717, 1.165) is 5.56 Å². The number of carbonyl (C=O) groups excluding carboxylic acids is 1. The van der Waals surface area contributed by atoms with E-state index in [-0.39, 0.29) is 12.2 Å². The zero-order chi connectivity index (χ0) is 18.1. The third kappa shape index (κ3) is 3.11. The van der Waals surface area contributed by atoms with Crippen LogP contribution in [0.5, 0.6) is 0 Å². The minimum absolute atomic E-state index is 0.183. The van der Waals surface area contributed by atoms with Crippen molar-refractivity contribution in [3.05, 3.63) is 66.0 Å². The lowest BCUT2D eigenvalue weighted by Crippen LogP contribution is -2.32. The van der Waals surface area contributed by atoms with Crippen LogP contribution < -0.4 is 5.11 Å². The number of carboxylic acids is 1. The molecule has 0 saturated carbocycles. The molecule has 130 valence electrons. The topological polar surface area (TPSA) is 83.2 Å². The largest absolute Gasteiger partial charge is 0.550 e. The molecule has 0 radical (unpaired) electrons. The Labute approximate surface area is 152 Å². The van der Waals surface area contributed by atoms with Crippen molar-refractivity contribution in [2.24, 2.45) is 5.10 Å². The summed E-state index contributed by atoms with van der Waals surface area (Å²) in [6.07, 6.45) is -0.183. The molecule has 1 aromatic heterocycles. The zero-order valence-electron chi connectivity index (χ0n) is 13.4. The molecular formula is C18H12FN4O2S-. The van der Waals surface area contributed by atoms with Crippen LogP contribution in [0.3, 0.4) is 0 Å². The molecule has 1 atom stereocenters. The number of carboxylic acid groups (broad SMARTS) is 1. The van der Waals surface area contributed by atoms with Gasteiger partial charge in [0.1, 0.15) is 5.82 Å². The number of hydrogen-bond acceptors (Lipinski definition) is 6. The van der Waals surface area contributed by atoms with Crippen LogP contribution in [0, 0.1) is 5.82 Å². The fraction of sp³-hybridized carbons (Fsp3) is 0.111. The first kappa shape index (κ1) is 16.5. The predicted molar refractivity (Wildman–Crippen MR) is 93.1 cm³/mol. The van der Waals surface area contributed by atoms with Crippen molar-refractivity contribution in [2.75, 3.05) is 0 Å². The van der Waals surface area contributed by atoms with E-state index in [0.29, 0.717) is 22.3 Å². The molecule has 3 aromatic rings. The summed E-state index contributed by atoms with van der Waals surface area (Å²) in [7, 11) is 0. The van der Waals surface area contributed by atoms with Crippen LogP contribution in [0.4, 0.5) is 4.39 Å². The van der Waals surface area contributed by atoms with Gasteiger partial charge < -0.3 is 9.90 Å². The Hall–Kier alpha value is -3.00. The van der Waals surface area contributed by atoms with Gasteiger partial charge in [0, 0.05) is 18.0 Å². The van der Waals surface area contributed by atoms with Gasteiger partial charge in [0.2, 0.25) is 5.16 Å². The van der Waals surface area contributed by atoms with Gasteiger partial charge in [0.25, 0.3) is 0 Å². The van der Waals surface area contributed by atoms with Crippen LogP contribution in [0.25, 0.3) is 11.4 Å². The maximum Gasteiger partial charge on any atom is 0.213 e. The van der Waals surface area contributed by atoms with Crippen molar-refractivity contribution < 1.29 is 14.3 Å². The molecule has 1 aliphatic rings. The molecule has 0 spiro atoms. The quantitative estimate of drug-likeness (QED) is 0.704. The van der Waals surface area contributed by atoms with Crippen molar-refractivity contribution >= 4 is 23.4 Å². The third-order valence-corrected chi connectivity index (χ3v) is 5.04. The van der Waals surface area contributed by atoms with E-state index in [9.17, 15) is 14.3 Å². The Morgan fingerprint density at radius 1 is 1.08 bits per heavy atom. The molecular weight excluding hydrogens is 355 g/mol. The van der Waals surface area contributed by atoms with Crippen LogP contribution in [0.2, 0.25) is 0 Å². The summed E-state index contributed by atoms with van der Waals surface area (Å²) in [5.41, 5.74) is 2.09. The highest BCUT2D eigenvalue weighted by atomic mass is 32.2. The first-order valence-electron chi connectivity index (χ1n) is 7.84. The molecule has 2 heterocycles. The summed E-state index contributed by atoms with van der Waals surface area (Å²) in [6, 6.07) is 15.2. The second-order valence-corrected chi connectivity index (χ2v) is 6.83. The Morgan fingerprint density at radius 3 is 2.50 bits per heavy atom. The fourth-order valence-electron chi connectivity index (χ4n) is 2.71. The predicted octanol–water partition coefficient (Wildman–Crippen LogP) is 1.95. The summed E-state index contributed by atoms with van der Waals surface area (Å²) in [6.45, 7) is 0. The first-order valence-corrected chi connectivity index (χ1v) is 8.72. The lowest BCUT2D eigenvalue weighted by Gasteiger charge is -2.23. The second kappa shape index (κ2) is 6.72. The molecule has 0 unspecified atom stereocenters. The van der Waals surface area contributed by atoms with Crippen molar-refractivity contribution in [3.8, 4) is 11.4 Å². The smallest absolute Gasteiger partial charge is 0.213 e. The highest BCUT2D eigenvalue weighted by molar-refractivity contribution is 8.00. The van der Waals surface area contributed by atoms with Gasteiger partial charge in [-0.2, -0.15) is 9.78 Å². The summed E-state index contributed by atoms with van der Waals surface area (Å²) < 4.78 is 14.7. The van der Waals surface area contributed by atoms with Crippen LogP contribution in [-0.2, 0) is 4.79 Å². The van der Waals surface area contributed by atoms with Gasteiger partial charge in [-0.1, -0.05) is 42.1 Å². The van der Waals surface area contributed by atoms with Crippen molar-refractivity contribution in [1.82, 2.24) is 14.9 Å². The molecule has 6 nitrogen and oxygen atoms in total. The summed E-state index contributed by atoms with van der Waals surface area (Å²) >= 11 is 1.27. The van der Waals surface area contributed by atoms with Crippen LogP contribution in [-0.4, -0.2) is 31.8 Å². The number of halogens is 1. The maximum absolute atomic E-state index is 13.2. The van der Waals surface area contributed by atoms with E-state index >= 15 is 0 Å². The van der Waals surface area contributed by atoms with Crippen LogP contribution in [0.1, 0.15) is 12.0 Å². The lowest BCUT2D eigenvalue weighted by atomic mass is 10.1. The zero-order valence-corrected chi connectivity index (χ0v) is 14.2. The summed E-state index contributed by atoms with van der Waals surface area (Å²) in [4.78, 5) is 11.2. The third-order valence-electron chi connectivity index (χ3n) is 3.90. The number of hydrogen-bond donors (Lipinski definition) is 0. The average Bonchev–Trinajstić information content (AvgIpc) is 3.05. The van der Waals surface area contributed by atoms with Gasteiger partial charge in [-0.15, -0.1) is 10.2 Å². The number of aromatic nitrogens is 3. The maximum atomic E-state index is 13.2. The monoisotopic (exact) mass is 367 g/mol. The van der Waals surface area contributed by atoms with Gasteiger partial charge in [-0.25, -0.2) is 4.39 Å². The molecule has 0 amide bonds. The SMILES string of the molecule is O=C([O-])C[C@@H]1Sc2nnc(-c3ccc(F)cc3)n2N=C1c1ccccc1. The Morgan fingerprint density at radius 2 is 1.81 bits per heavy atom. The second-order valence-electron chi connectivity index (χ2n) is 5.66. The number of benzene rings is 2. The molecule has 4 rings (SSSR count). The van der Waals surface area contributed by atoms with Gasteiger partial charge in [-0.3, -0.25) is 0 Å². The Balaban J connectivity index is 1.82. The standard InChI is InChI=1S/C18H13FN4O2S/c19-13-8-6-12(7-9-13)17-20-21-18-23(17)22-16(11-4-2-1-3-5-11)14(26-18)10-15(24)25/h1-9,14H,10H2,(H,24,25)/p-1/t14-/m0/s1. The minimum Gasteiger partial charge on any atom is -0.550 e. The van der Waals surface area contributed by atoms with Crippen LogP contribution in [0.15, 0.2) is 64.9 Å². The van der Waals surface area contributed by atoms with Gasteiger partial charge in [0.05, 0.1) is 11.0 Å². The van der Waals surface area contributed by atoms with Gasteiger partial charge >= 0.3 is 0 Å². The first-order chi connectivity index (χ1) is 12.6. The van der Waals surface area contributed by atoms with Gasteiger partial charge in [0.15, 0.2) is 5.82 Å². The Bertz CT molecular complexity index is 986. The number of thioether (sulfide) groups is 1. The molecule has 1 aliphatic heterocycles. The number of aliphatic carboxylic acids is 1. The fourth-order valence-corrected chi connectivity index (χ4v) is 3.79. The van der Waals surface area contributed by atoms with E-state index in [1.807, 2.05) is 30.3 Å². The summed E-state index contributed by atoms with van der Waals surface area (Å²) in [5, 5.41) is 24.1. The minimum atomic E-state index is -1.15. The molecule has 0 N–H and O–H groups in total. The lowest BCUT2D eigenvalue weighted by molar-refractivity contribution is -0.305. The molecule has 0 bridgehead atoms. The van der Waals surface area contributed by atoms with Crippen molar-refractivity contribution in [2.45, 2.75) is 16.8 Å². The van der Waals surface area contributed by atoms with E-state index in [2.05, 4.69) is 15.3 Å². The highest BCUT2D eigenvalue weighted by Crippen LogP contribution is 2.34. The van der Waals surface area contributed by atoms with E-state index in [1.165, 1.54) is 23.9 Å². The Kier molecular flexibility index (Phi) is 4.26. The van der Waals surface area contributed by atoms with Gasteiger partial charge in [-0.05, 0) is 29.8 Å². The molecule has 0 saturated heterocycles. The van der Waals surface area contributed by atoms with Crippen LogP contribution >= 0.6 is 11.8 Å². The molecule has 0 fully saturated rings. The summed E-state index contributed by atoms with van der Waals surface area (Å²) in [5.74, 6) is -1.03. The average molecular weight is 367 g/mol. The number of nitrogens with zero attached hydrogens (tertiary/aromatic N) is 4. The van der Waals surface area contributed by atoms with E-state index in [1.54, 1.807) is 16.8 Å². The number of rotatable bonds is 4. The molecule has 8 heteroatoms. The highest BCUT2D eigenvalue weighted by Gasteiger charge is 2.29. The molecule has 2 aromatic carbocycles. The number of fused-ring (bicyclic) bond motifs is 1. The van der Waals surface area contributed by atoms with Crippen molar-refractivity contribution in [1.29, 1.82) is 0 Å². The van der Waals surface area contributed by atoms with E-state index in [4.69, 9.17) is 0 Å². The van der Waals surface area contributed by atoms with Crippen molar-refractivity contribution in [3.63, 3.8) is 0 Å². The number of carbonyl (C=O) groups is 1. The molecule has 0 aliphatic carbocycles. The normalized spacial score (nSPS) is 16.0.